The van der Waals surface area contributed by atoms with Crippen LogP contribution < -0.4 is 0 Å². The van der Waals surface area contributed by atoms with Gasteiger partial charge in [0, 0.05) is 11.9 Å². The molecule has 0 saturated carbocycles. The van der Waals surface area contributed by atoms with Gasteiger partial charge in [0.25, 0.3) is 6.29 Å². The molecule has 1 aromatic heterocycles. The van der Waals surface area contributed by atoms with Crippen LogP contribution in [0.4, 0.5) is 0 Å². The molecule has 3 heteroatoms. The summed E-state index contributed by atoms with van der Waals surface area (Å²) in [5.74, 6) is 0. The van der Waals surface area contributed by atoms with Crippen LogP contribution in [-0.4, -0.2) is 16.1 Å². The first-order chi connectivity index (χ1) is 7.86. The summed E-state index contributed by atoms with van der Waals surface area (Å²) in [5, 5.41) is 5.11. The van der Waals surface area contributed by atoms with Crippen LogP contribution in [0.5, 0.6) is 0 Å². The predicted octanol–water partition coefficient (Wildman–Crippen LogP) is 2.46. The highest BCUT2D eigenvalue weighted by Crippen LogP contribution is 2.17. The summed E-state index contributed by atoms with van der Waals surface area (Å²) in [4.78, 5) is 10.7. The van der Waals surface area contributed by atoms with E-state index in [1.807, 2.05) is 48.2 Å². The van der Waals surface area contributed by atoms with Crippen molar-refractivity contribution in [2.45, 2.75) is 19.9 Å². The molecule has 0 fully saturated rings. The number of rotatable bonds is 4. The number of aryl methyl sites for hydroxylation is 1. The monoisotopic (exact) mass is 213 g/mol. The van der Waals surface area contributed by atoms with Crippen LogP contribution in [0, 0.1) is 0 Å². The molecule has 0 aliphatic carbocycles. The fraction of sp³-hybridized carbons (Fsp3) is 0.231. The Kier molecular flexibility index (Phi) is 3.15. The number of benzene rings is 1. The second-order valence-corrected chi connectivity index (χ2v) is 3.55. The normalized spacial score (nSPS) is 11.3. The van der Waals surface area contributed by atoms with Crippen LogP contribution in [0.1, 0.15) is 19.0 Å². The van der Waals surface area contributed by atoms with Gasteiger partial charge in [-0.2, -0.15) is 5.10 Å². The van der Waals surface area contributed by atoms with E-state index in [2.05, 4.69) is 11.2 Å². The molecule has 0 bridgehead atoms. The number of nitrogens with zero attached hydrogens (tertiary/aromatic N) is 2. The number of allylic oxidation sites excluding steroid dienone is 2. The van der Waals surface area contributed by atoms with Gasteiger partial charge in [0.2, 0.25) is 0 Å². The van der Waals surface area contributed by atoms with E-state index in [-0.39, 0.29) is 0 Å². The Morgan fingerprint density at radius 1 is 1.44 bits per heavy atom. The molecule has 2 aromatic rings. The zero-order valence-electron chi connectivity index (χ0n) is 9.18. The Hall–Kier alpha value is -1.90. The van der Waals surface area contributed by atoms with Crippen molar-refractivity contribution < 1.29 is 4.79 Å². The summed E-state index contributed by atoms with van der Waals surface area (Å²) in [5.41, 5.74) is 1.39. The number of carbonyl (C=O) groups excluding carboxylic acids is 1. The summed E-state index contributed by atoms with van der Waals surface area (Å²) in [7, 11) is 0. The number of fused-ring (bicyclic) bond motifs is 1. The topological polar surface area (TPSA) is 34.9 Å². The van der Waals surface area contributed by atoms with Gasteiger partial charge in [0.05, 0.1) is 5.52 Å². The molecular formula is C13H13N2O. The Labute approximate surface area is 94.4 Å². The zero-order chi connectivity index (χ0) is 11.4. The third-order valence-corrected chi connectivity index (χ3v) is 2.50. The van der Waals surface area contributed by atoms with Gasteiger partial charge in [-0.1, -0.05) is 30.4 Å². The van der Waals surface area contributed by atoms with Gasteiger partial charge >= 0.3 is 0 Å². The van der Waals surface area contributed by atoms with Crippen LogP contribution in [0.3, 0.4) is 0 Å². The molecule has 0 amide bonds. The maximum atomic E-state index is 10.7. The molecular weight excluding hydrogens is 200 g/mol. The maximum Gasteiger partial charge on any atom is 0.256 e. The van der Waals surface area contributed by atoms with Crippen molar-refractivity contribution in [2.75, 3.05) is 0 Å². The van der Waals surface area contributed by atoms with Crippen LogP contribution in [-0.2, 0) is 11.3 Å². The van der Waals surface area contributed by atoms with E-state index in [1.54, 1.807) is 0 Å². The van der Waals surface area contributed by atoms with Gasteiger partial charge in [0.15, 0.2) is 0 Å². The van der Waals surface area contributed by atoms with Gasteiger partial charge in [-0.3, -0.25) is 9.48 Å². The fourth-order valence-electron chi connectivity index (χ4n) is 1.74. The number of aromatic nitrogens is 2. The average molecular weight is 213 g/mol. The molecule has 3 nitrogen and oxygen atoms in total. The number of para-hydroxylation sites is 1. The van der Waals surface area contributed by atoms with Gasteiger partial charge in [-0.05, 0) is 19.4 Å². The Morgan fingerprint density at radius 2 is 2.25 bits per heavy atom. The molecule has 16 heavy (non-hydrogen) atoms. The Balaban J connectivity index is 2.41. The highest BCUT2D eigenvalue weighted by Gasteiger charge is 2.08. The van der Waals surface area contributed by atoms with Crippen molar-refractivity contribution in [3.63, 3.8) is 0 Å². The molecule has 0 aliphatic heterocycles. The molecule has 0 N–H and O–H groups in total. The van der Waals surface area contributed by atoms with E-state index in [0.717, 1.165) is 23.9 Å². The summed E-state index contributed by atoms with van der Waals surface area (Å²) in [6.07, 6.45) is 6.89. The molecule has 2 rings (SSSR count). The molecule has 0 atom stereocenters. The first-order valence-electron chi connectivity index (χ1n) is 5.31. The minimum atomic E-state index is 0.399. The summed E-state index contributed by atoms with van der Waals surface area (Å²) < 4.78 is 1.86. The standard InChI is InChI=1S/C13H13N2O/c1-2-3-6-9-15-13-8-5-4-7-11(13)12(10-16)14-15/h2-5,7-8H,6,9H2,1H3/b3-2+. The number of hydrogen-bond donors (Lipinski definition) is 0. The molecule has 0 saturated heterocycles. The second kappa shape index (κ2) is 4.75. The predicted molar refractivity (Wildman–Crippen MR) is 64.0 cm³/mol. The maximum absolute atomic E-state index is 10.7. The molecule has 1 aromatic carbocycles. The van der Waals surface area contributed by atoms with Gasteiger partial charge in [0.1, 0.15) is 5.69 Å². The third-order valence-electron chi connectivity index (χ3n) is 2.50. The first-order valence-corrected chi connectivity index (χ1v) is 5.31. The zero-order valence-corrected chi connectivity index (χ0v) is 9.18. The number of hydrogen-bond acceptors (Lipinski definition) is 2. The molecule has 0 spiro atoms. The Bertz CT molecular complexity index is 526. The first kappa shape index (κ1) is 10.6. The van der Waals surface area contributed by atoms with Crippen molar-refractivity contribution >= 4 is 17.2 Å². The van der Waals surface area contributed by atoms with Gasteiger partial charge in [-0.15, -0.1) is 0 Å². The van der Waals surface area contributed by atoms with Crippen molar-refractivity contribution in [3.05, 3.63) is 42.1 Å². The summed E-state index contributed by atoms with van der Waals surface area (Å²) in [6, 6.07) is 7.72. The largest absolute Gasteiger partial charge is 0.283 e. The lowest BCUT2D eigenvalue weighted by Crippen LogP contribution is -1.99. The van der Waals surface area contributed by atoms with E-state index < -0.39 is 0 Å². The lowest BCUT2D eigenvalue weighted by molar-refractivity contribution is 0.559. The lowest BCUT2D eigenvalue weighted by Gasteiger charge is -1.99. The highest BCUT2D eigenvalue weighted by atomic mass is 16.1. The second-order valence-electron chi connectivity index (χ2n) is 3.55. The highest BCUT2D eigenvalue weighted by molar-refractivity contribution is 5.95. The smallest absolute Gasteiger partial charge is 0.256 e. The van der Waals surface area contributed by atoms with Crippen LogP contribution in [0.15, 0.2) is 36.4 Å². The fourth-order valence-corrected chi connectivity index (χ4v) is 1.74. The third kappa shape index (κ3) is 1.89. The average Bonchev–Trinajstić information content (AvgIpc) is 2.68. The van der Waals surface area contributed by atoms with Gasteiger partial charge < -0.3 is 0 Å². The van der Waals surface area contributed by atoms with Crippen LogP contribution >= 0.6 is 0 Å². The van der Waals surface area contributed by atoms with Crippen molar-refractivity contribution in [1.29, 1.82) is 0 Å². The summed E-state index contributed by atoms with van der Waals surface area (Å²) in [6.45, 7) is 2.78. The van der Waals surface area contributed by atoms with Crippen molar-refractivity contribution in [2.24, 2.45) is 0 Å². The van der Waals surface area contributed by atoms with E-state index in [0.29, 0.717) is 5.69 Å². The molecule has 0 unspecified atom stereocenters. The van der Waals surface area contributed by atoms with E-state index >= 15 is 0 Å². The van der Waals surface area contributed by atoms with Crippen molar-refractivity contribution in [1.82, 2.24) is 9.78 Å². The van der Waals surface area contributed by atoms with Crippen molar-refractivity contribution in [3.8, 4) is 0 Å². The van der Waals surface area contributed by atoms with Crippen LogP contribution in [0.25, 0.3) is 10.9 Å². The molecule has 1 heterocycles. The SMILES string of the molecule is C/C=C/CCn1nc([C]=O)c2ccccc21. The quantitative estimate of drug-likeness (QED) is 0.731. The summed E-state index contributed by atoms with van der Waals surface area (Å²) >= 11 is 0. The minimum absolute atomic E-state index is 0.399. The lowest BCUT2D eigenvalue weighted by atomic mass is 10.2. The Morgan fingerprint density at radius 3 is 3.00 bits per heavy atom. The van der Waals surface area contributed by atoms with Gasteiger partial charge in [-0.25, -0.2) is 0 Å². The van der Waals surface area contributed by atoms with Crippen LogP contribution in [0.2, 0.25) is 0 Å². The van der Waals surface area contributed by atoms with E-state index in [9.17, 15) is 4.79 Å². The molecule has 1 radical (unpaired) electrons. The van der Waals surface area contributed by atoms with E-state index in [4.69, 9.17) is 0 Å². The van der Waals surface area contributed by atoms with E-state index in [1.165, 1.54) is 0 Å². The minimum Gasteiger partial charge on any atom is -0.283 e. The molecule has 81 valence electrons. The molecule has 0 aliphatic rings.